The minimum atomic E-state index is -3.77. The van der Waals surface area contributed by atoms with Gasteiger partial charge in [-0.25, -0.2) is 8.42 Å². The maximum atomic E-state index is 12.8. The van der Waals surface area contributed by atoms with E-state index in [9.17, 15) is 18.0 Å². The second kappa shape index (κ2) is 8.57. The highest BCUT2D eigenvalue weighted by atomic mass is 35.5. The summed E-state index contributed by atoms with van der Waals surface area (Å²) < 4.78 is 26.9. The Morgan fingerprint density at radius 1 is 1.11 bits per heavy atom. The molecule has 0 radical (unpaired) electrons. The predicted octanol–water partition coefficient (Wildman–Crippen LogP) is 2.39. The predicted molar refractivity (Wildman–Crippen MR) is 106 cm³/mol. The molecular weight excluding hydrogens is 433 g/mol. The van der Waals surface area contributed by atoms with E-state index in [0.717, 1.165) is 5.75 Å². The number of hydrogen-bond donors (Lipinski definition) is 0. The zero-order chi connectivity index (χ0) is 19.6. The molecular formula is C16H19Cl2N3O4S2. The molecule has 3 rings (SSSR count). The molecule has 2 saturated heterocycles. The van der Waals surface area contributed by atoms with Crippen LogP contribution in [0.1, 0.15) is 6.42 Å². The van der Waals surface area contributed by atoms with E-state index in [1.807, 2.05) is 0 Å². The number of benzene rings is 1. The van der Waals surface area contributed by atoms with E-state index in [-0.39, 0.29) is 40.6 Å². The minimum absolute atomic E-state index is 0.0112. The second-order valence-corrected chi connectivity index (χ2v) is 10.0. The SMILES string of the molecule is O=C(CCN1CCSC1=O)N1CCN(S(=O)(=O)c2cc(Cl)ccc2Cl)CC1. The number of rotatable bonds is 5. The summed E-state index contributed by atoms with van der Waals surface area (Å²) in [6, 6.07) is 4.32. The van der Waals surface area contributed by atoms with Crippen LogP contribution in [0, 0.1) is 0 Å². The Morgan fingerprint density at radius 3 is 2.44 bits per heavy atom. The molecule has 1 aromatic carbocycles. The summed E-state index contributed by atoms with van der Waals surface area (Å²) in [5.74, 6) is 0.688. The summed E-state index contributed by atoms with van der Waals surface area (Å²) in [6.07, 6.45) is 0.249. The van der Waals surface area contributed by atoms with E-state index in [4.69, 9.17) is 23.2 Å². The molecule has 0 aromatic heterocycles. The van der Waals surface area contributed by atoms with E-state index in [2.05, 4.69) is 0 Å². The molecule has 0 unspecified atom stereocenters. The van der Waals surface area contributed by atoms with Gasteiger partial charge < -0.3 is 9.80 Å². The number of amides is 2. The van der Waals surface area contributed by atoms with Crippen molar-refractivity contribution in [2.75, 3.05) is 45.0 Å². The van der Waals surface area contributed by atoms with Crippen LogP contribution in [-0.4, -0.2) is 78.7 Å². The molecule has 148 valence electrons. The summed E-state index contributed by atoms with van der Waals surface area (Å²) in [7, 11) is -3.77. The number of hydrogen-bond acceptors (Lipinski definition) is 5. The van der Waals surface area contributed by atoms with Gasteiger partial charge >= 0.3 is 0 Å². The van der Waals surface area contributed by atoms with Gasteiger partial charge in [-0.2, -0.15) is 4.31 Å². The molecule has 11 heteroatoms. The number of nitrogens with zero attached hydrogens (tertiary/aromatic N) is 3. The van der Waals surface area contributed by atoms with Gasteiger partial charge in [0.25, 0.3) is 5.24 Å². The Hall–Kier alpha value is -1.000. The van der Waals surface area contributed by atoms with Crippen LogP contribution in [0.5, 0.6) is 0 Å². The molecule has 2 aliphatic heterocycles. The summed E-state index contributed by atoms with van der Waals surface area (Å²) >= 11 is 13.2. The van der Waals surface area contributed by atoms with Crippen molar-refractivity contribution in [3.8, 4) is 0 Å². The lowest BCUT2D eigenvalue weighted by molar-refractivity contribution is -0.132. The normalized spacial score (nSPS) is 19.0. The first kappa shape index (κ1) is 20.7. The monoisotopic (exact) mass is 451 g/mol. The zero-order valence-corrected chi connectivity index (χ0v) is 17.6. The lowest BCUT2D eigenvalue weighted by Gasteiger charge is -2.34. The first-order chi connectivity index (χ1) is 12.8. The number of sulfonamides is 1. The van der Waals surface area contributed by atoms with Crippen LogP contribution in [0.15, 0.2) is 23.1 Å². The number of piperazine rings is 1. The van der Waals surface area contributed by atoms with Crippen molar-refractivity contribution in [3.05, 3.63) is 28.2 Å². The zero-order valence-electron chi connectivity index (χ0n) is 14.4. The lowest BCUT2D eigenvalue weighted by atomic mass is 10.3. The fourth-order valence-electron chi connectivity index (χ4n) is 3.01. The van der Waals surface area contributed by atoms with Crippen molar-refractivity contribution in [1.82, 2.24) is 14.1 Å². The maximum Gasteiger partial charge on any atom is 0.281 e. The van der Waals surface area contributed by atoms with Crippen LogP contribution in [0.25, 0.3) is 0 Å². The fourth-order valence-corrected chi connectivity index (χ4v) is 6.02. The average Bonchev–Trinajstić information content (AvgIpc) is 3.06. The average molecular weight is 452 g/mol. The number of halogens is 2. The molecule has 0 N–H and O–H groups in total. The van der Waals surface area contributed by atoms with Gasteiger partial charge in [-0.1, -0.05) is 35.0 Å². The Balaban J connectivity index is 1.57. The van der Waals surface area contributed by atoms with Gasteiger partial charge in [0.05, 0.1) is 5.02 Å². The van der Waals surface area contributed by atoms with Crippen molar-refractivity contribution < 1.29 is 18.0 Å². The first-order valence-corrected chi connectivity index (χ1v) is 11.6. The molecule has 0 aliphatic carbocycles. The smallest absolute Gasteiger partial charge is 0.281 e. The van der Waals surface area contributed by atoms with Crippen LogP contribution in [0.2, 0.25) is 10.0 Å². The van der Waals surface area contributed by atoms with E-state index >= 15 is 0 Å². The largest absolute Gasteiger partial charge is 0.340 e. The summed E-state index contributed by atoms with van der Waals surface area (Å²) in [5.41, 5.74) is 0. The summed E-state index contributed by atoms with van der Waals surface area (Å²) in [5, 5.41) is 0.421. The van der Waals surface area contributed by atoms with Gasteiger partial charge in [0.15, 0.2) is 0 Å². The highest BCUT2D eigenvalue weighted by Crippen LogP contribution is 2.28. The van der Waals surface area contributed by atoms with Gasteiger partial charge in [0.2, 0.25) is 15.9 Å². The molecule has 27 heavy (non-hydrogen) atoms. The third kappa shape index (κ3) is 4.71. The Bertz CT molecular complexity index is 842. The molecule has 0 saturated carbocycles. The topological polar surface area (TPSA) is 78.0 Å². The quantitative estimate of drug-likeness (QED) is 0.686. The molecule has 2 aliphatic rings. The third-order valence-corrected chi connectivity index (χ3v) is 8.05. The molecule has 2 heterocycles. The van der Waals surface area contributed by atoms with Crippen LogP contribution >= 0.6 is 35.0 Å². The minimum Gasteiger partial charge on any atom is -0.340 e. The molecule has 2 fully saturated rings. The fraction of sp³-hybridized carbons (Fsp3) is 0.500. The van der Waals surface area contributed by atoms with Gasteiger partial charge in [-0.15, -0.1) is 0 Å². The number of thioether (sulfide) groups is 1. The summed E-state index contributed by atoms with van der Waals surface area (Å²) in [6.45, 7) is 2.06. The van der Waals surface area contributed by atoms with E-state index in [1.54, 1.807) is 9.80 Å². The Kier molecular flexibility index (Phi) is 6.58. The molecule has 0 spiro atoms. The van der Waals surface area contributed by atoms with Crippen LogP contribution < -0.4 is 0 Å². The van der Waals surface area contributed by atoms with Crippen LogP contribution in [0.3, 0.4) is 0 Å². The van der Waals surface area contributed by atoms with Crippen molar-refractivity contribution in [2.24, 2.45) is 0 Å². The van der Waals surface area contributed by atoms with E-state index < -0.39 is 10.0 Å². The highest BCUT2D eigenvalue weighted by Gasteiger charge is 2.32. The Morgan fingerprint density at radius 2 is 1.81 bits per heavy atom. The first-order valence-electron chi connectivity index (χ1n) is 8.44. The molecule has 0 atom stereocenters. The van der Waals surface area contributed by atoms with Gasteiger partial charge in [-0.05, 0) is 18.2 Å². The molecule has 7 nitrogen and oxygen atoms in total. The van der Waals surface area contributed by atoms with Gasteiger partial charge in [0.1, 0.15) is 4.90 Å². The van der Waals surface area contributed by atoms with E-state index in [0.29, 0.717) is 31.2 Å². The van der Waals surface area contributed by atoms with Crippen molar-refractivity contribution in [3.63, 3.8) is 0 Å². The van der Waals surface area contributed by atoms with Crippen molar-refractivity contribution >= 4 is 56.1 Å². The molecule has 0 bridgehead atoms. The van der Waals surface area contributed by atoms with Crippen LogP contribution in [0.4, 0.5) is 4.79 Å². The maximum absolute atomic E-state index is 12.8. The second-order valence-electron chi connectivity index (χ2n) is 6.21. The number of carbonyl (C=O) groups is 2. The third-order valence-electron chi connectivity index (χ3n) is 4.54. The number of carbonyl (C=O) groups excluding carboxylic acids is 2. The van der Waals surface area contributed by atoms with Crippen molar-refractivity contribution in [2.45, 2.75) is 11.3 Å². The summed E-state index contributed by atoms with van der Waals surface area (Å²) in [4.78, 5) is 27.2. The Labute approximate surface area is 172 Å². The molecule has 2 amide bonds. The standard InChI is InChI=1S/C16H19Cl2N3O4S2/c17-12-1-2-13(18)14(11-12)27(24,25)21-7-5-19(6-8-21)15(22)3-4-20-9-10-26-16(20)23/h1-2,11H,3-10H2. The van der Waals surface area contributed by atoms with Gasteiger partial charge in [-0.3, -0.25) is 9.59 Å². The van der Waals surface area contributed by atoms with Gasteiger partial charge in [0, 0.05) is 56.5 Å². The molecule has 1 aromatic rings. The van der Waals surface area contributed by atoms with Crippen molar-refractivity contribution in [1.29, 1.82) is 0 Å². The highest BCUT2D eigenvalue weighted by molar-refractivity contribution is 8.13. The van der Waals surface area contributed by atoms with E-state index in [1.165, 1.54) is 34.3 Å². The van der Waals surface area contributed by atoms with Crippen LogP contribution in [-0.2, 0) is 14.8 Å². The lowest BCUT2D eigenvalue weighted by Crippen LogP contribution is -2.50.